The molecule has 6 rings (SSSR count). The summed E-state index contributed by atoms with van der Waals surface area (Å²) in [4.78, 5) is 0. The number of epoxide rings is 6. The standard InChI is InChI=1S/2C7H14O.2C5H10O.2C4H8O/c1-3-5-7-6(4-2)8-7;1-2-3-4-5-7-6-8-7;2*1-2-3-5-4-6-5;2*1-2-4-3-5-4/h6-7H,3-5H2,1-2H3;7H,2-6H2,1H3;2*5H,2-4H2,1H3;2*4H,2-3H2,1H3. The Hall–Kier alpha value is -0.240. The first-order valence-electron chi connectivity index (χ1n) is 16.3. The minimum absolute atomic E-state index is 0.620. The molecule has 0 N–H and O–H groups in total. The van der Waals surface area contributed by atoms with Gasteiger partial charge in [-0.15, -0.1) is 0 Å². The zero-order chi connectivity index (χ0) is 28.0. The Labute approximate surface area is 236 Å². The molecule has 0 aliphatic carbocycles. The van der Waals surface area contributed by atoms with E-state index in [2.05, 4.69) is 48.5 Å². The molecule has 0 bridgehead atoms. The van der Waals surface area contributed by atoms with Gasteiger partial charge >= 0.3 is 0 Å². The molecule has 6 saturated heterocycles. The predicted molar refractivity (Wildman–Crippen MR) is 157 cm³/mol. The van der Waals surface area contributed by atoms with Crippen molar-refractivity contribution in [2.24, 2.45) is 0 Å². The zero-order valence-electron chi connectivity index (χ0n) is 26.2. The van der Waals surface area contributed by atoms with Crippen molar-refractivity contribution in [2.75, 3.05) is 33.0 Å². The largest absolute Gasteiger partial charge is 0.373 e. The van der Waals surface area contributed by atoms with E-state index in [1.807, 2.05) is 0 Å². The molecule has 7 unspecified atom stereocenters. The van der Waals surface area contributed by atoms with Gasteiger partial charge in [0.25, 0.3) is 0 Å². The summed E-state index contributed by atoms with van der Waals surface area (Å²) in [5, 5.41) is 0. The minimum Gasteiger partial charge on any atom is -0.373 e. The second-order valence-electron chi connectivity index (χ2n) is 11.1. The second-order valence-corrected chi connectivity index (χ2v) is 11.1. The fraction of sp³-hybridized carbons (Fsp3) is 1.00. The van der Waals surface area contributed by atoms with E-state index >= 15 is 0 Å². The van der Waals surface area contributed by atoms with Crippen LogP contribution >= 0.6 is 0 Å². The van der Waals surface area contributed by atoms with Crippen LogP contribution in [0.25, 0.3) is 0 Å². The van der Waals surface area contributed by atoms with E-state index in [4.69, 9.17) is 28.4 Å². The summed E-state index contributed by atoms with van der Waals surface area (Å²) in [6, 6.07) is 0. The highest BCUT2D eigenvalue weighted by Crippen LogP contribution is 2.28. The highest BCUT2D eigenvalue weighted by molar-refractivity contribution is 4.82. The van der Waals surface area contributed by atoms with Crippen LogP contribution in [0, 0.1) is 0 Å². The molecular weight excluding hydrogens is 480 g/mol. The van der Waals surface area contributed by atoms with Crippen molar-refractivity contribution < 1.29 is 28.4 Å². The summed E-state index contributed by atoms with van der Waals surface area (Å²) in [5.74, 6) is 0. The maximum absolute atomic E-state index is 5.31. The van der Waals surface area contributed by atoms with Crippen molar-refractivity contribution in [1.29, 1.82) is 0 Å². The van der Waals surface area contributed by atoms with Gasteiger partial charge in [0.2, 0.25) is 0 Å². The molecule has 0 spiro atoms. The van der Waals surface area contributed by atoms with Gasteiger partial charge in [0.05, 0.1) is 75.8 Å². The molecule has 6 aliphatic rings. The van der Waals surface area contributed by atoms with Crippen LogP contribution in [0.1, 0.15) is 132 Å². The van der Waals surface area contributed by atoms with E-state index in [9.17, 15) is 0 Å². The van der Waals surface area contributed by atoms with E-state index in [1.165, 1.54) is 83.5 Å². The average Bonchev–Trinajstić information content (AvgIpc) is 3.72. The molecule has 6 fully saturated rings. The first kappa shape index (κ1) is 35.8. The third kappa shape index (κ3) is 26.0. The van der Waals surface area contributed by atoms with Crippen LogP contribution < -0.4 is 0 Å². The summed E-state index contributed by atoms with van der Waals surface area (Å²) >= 11 is 0. The fourth-order valence-electron chi connectivity index (χ4n) is 3.65. The van der Waals surface area contributed by atoms with Gasteiger partial charge in [-0.1, -0.05) is 87.0 Å². The van der Waals surface area contributed by atoms with Crippen molar-refractivity contribution in [1.82, 2.24) is 0 Å². The molecule has 6 nitrogen and oxygen atoms in total. The van der Waals surface area contributed by atoms with Gasteiger partial charge in [0.1, 0.15) is 0 Å². The third-order valence-corrected chi connectivity index (χ3v) is 6.94. The van der Waals surface area contributed by atoms with Crippen molar-refractivity contribution in [3.63, 3.8) is 0 Å². The zero-order valence-corrected chi connectivity index (χ0v) is 26.2. The molecule has 7 atom stereocenters. The molecule has 228 valence electrons. The normalized spacial score (nSPS) is 31.5. The summed E-state index contributed by atoms with van der Waals surface area (Å²) in [7, 11) is 0. The van der Waals surface area contributed by atoms with Crippen LogP contribution in [0.3, 0.4) is 0 Å². The van der Waals surface area contributed by atoms with Gasteiger partial charge in [-0.3, -0.25) is 0 Å². The van der Waals surface area contributed by atoms with Crippen LogP contribution in [0.2, 0.25) is 0 Å². The number of hydrogen-bond acceptors (Lipinski definition) is 6. The molecule has 0 aromatic carbocycles. The summed E-state index contributed by atoms with van der Waals surface area (Å²) in [5.41, 5.74) is 0. The van der Waals surface area contributed by atoms with Crippen molar-refractivity contribution >= 4 is 0 Å². The van der Waals surface area contributed by atoms with Crippen LogP contribution in [0.5, 0.6) is 0 Å². The van der Waals surface area contributed by atoms with Gasteiger partial charge < -0.3 is 28.4 Å². The molecule has 6 aliphatic heterocycles. The first-order chi connectivity index (χ1) is 18.5. The SMILES string of the molecule is CCC1CO1.CCC1CO1.CCCC1CO1.CCCC1CO1.CCCC1OC1CC.CCCCCC1CO1. The molecule has 38 heavy (non-hydrogen) atoms. The van der Waals surface area contributed by atoms with Gasteiger partial charge in [-0.25, -0.2) is 0 Å². The average molecular weight is 545 g/mol. The smallest absolute Gasteiger partial charge is 0.0841 e. The van der Waals surface area contributed by atoms with E-state index in [1.54, 1.807) is 0 Å². The maximum Gasteiger partial charge on any atom is 0.0841 e. The molecule has 0 radical (unpaired) electrons. The quantitative estimate of drug-likeness (QED) is 0.173. The Morgan fingerprint density at radius 3 is 1.00 bits per heavy atom. The number of rotatable bonds is 13. The van der Waals surface area contributed by atoms with Crippen LogP contribution in [0.15, 0.2) is 0 Å². The fourth-order valence-corrected chi connectivity index (χ4v) is 3.65. The van der Waals surface area contributed by atoms with E-state index in [-0.39, 0.29) is 0 Å². The first-order valence-corrected chi connectivity index (χ1v) is 16.3. The highest BCUT2D eigenvalue weighted by atomic mass is 16.6. The van der Waals surface area contributed by atoms with Crippen LogP contribution in [-0.4, -0.2) is 75.8 Å². The Bertz CT molecular complexity index is 472. The Kier molecular flexibility index (Phi) is 22.1. The molecular formula is C32H64O6. The highest BCUT2D eigenvalue weighted by Gasteiger charge is 2.35. The Balaban J connectivity index is 0.000000230. The van der Waals surface area contributed by atoms with E-state index in [0.29, 0.717) is 42.7 Å². The molecule has 0 aromatic heterocycles. The van der Waals surface area contributed by atoms with Crippen molar-refractivity contribution in [3.05, 3.63) is 0 Å². The van der Waals surface area contributed by atoms with E-state index in [0.717, 1.165) is 33.0 Å². The summed E-state index contributed by atoms with van der Waals surface area (Å²) in [6.07, 6.45) is 21.0. The van der Waals surface area contributed by atoms with Gasteiger partial charge in [0.15, 0.2) is 0 Å². The summed E-state index contributed by atoms with van der Waals surface area (Å²) < 4.78 is 30.0. The van der Waals surface area contributed by atoms with Gasteiger partial charge in [-0.05, 0) is 44.9 Å². The molecule has 0 aromatic rings. The Morgan fingerprint density at radius 1 is 0.395 bits per heavy atom. The monoisotopic (exact) mass is 544 g/mol. The molecule has 0 amide bonds. The maximum atomic E-state index is 5.31. The number of hydrogen-bond donors (Lipinski definition) is 0. The summed E-state index contributed by atoms with van der Waals surface area (Å²) in [6.45, 7) is 20.3. The second kappa shape index (κ2) is 23.5. The lowest BCUT2D eigenvalue weighted by Crippen LogP contribution is -1.89. The van der Waals surface area contributed by atoms with Crippen LogP contribution in [-0.2, 0) is 28.4 Å². The predicted octanol–water partition coefficient (Wildman–Crippen LogP) is 7.89. The van der Waals surface area contributed by atoms with E-state index < -0.39 is 0 Å². The molecule has 6 heteroatoms. The Morgan fingerprint density at radius 2 is 0.789 bits per heavy atom. The molecule has 6 heterocycles. The van der Waals surface area contributed by atoms with Crippen molar-refractivity contribution in [2.45, 2.75) is 175 Å². The number of unbranched alkanes of at least 4 members (excludes halogenated alkanes) is 2. The van der Waals surface area contributed by atoms with Gasteiger partial charge in [-0.2, -0.15) is 0 Å². The van der Waals surface area contributed by atoms with Crippen molar-refractivity contribution in [3.8, 4) is 0 Å². The lowest BCUT2D eigenvalue weighted by Gasteiger charge is -1.90. The minimum atomic E-state index is 0.620. The van der Waals surface area contributed by atoms with Crippen LogP contribution in [0.4, 0.5) is 0 Å². The lowest BCUT2D eigenvalue weighted by molar-refractivity contribution is 0.358. The van der Waals surface area contributed by atoms with Gasteiger partial charge in [0, 0.05) is 0 Å². The number of ether oxygens (including phenoxy) is 6. The molecule has 0 saturated carbocycles. The topological polar surface area (TPSA) is 75.2 Å². The third-order valence-electron chi connectivity index (χ3n) is 6.94. The lowest BCUT2D eigenvalue weighted by atomic mass is 10.2.